The highest BCUT2D eigenvalue weighted by Gasteiger charge is 2.42. The monoisotopic (exact) mass is 501 g/mol. The van der Waals surface area contributed by atoms with Crippen LogP contribution in [0, 0.1) is 0 Å². The predicted octanol–water partition coefficient (Wildman–Crippen LogP) is 3.05. The van der Waals surface area contributed by atoms with Crippen molar-refractivity contribution in [2.75, 3.05) is 31.3 Å². The summed E-state index contributed by atoms with van der Waals surface area (Å²) in [6, 6.07) is 9.37. The highest BCUT2D eigenvalue weighted by molar-refractivity contribution is 7.90. The van der Waals surface area contributed by atoms with E-state index in [0.717, 1.165) is 11.8 Å². The zero-order chi connectivity index (χ0) is 25.5. The minimum absolute atomic E-state index is 0.132. The van der Waals surface area contributed by atoms with E-state index in [4.69, 9.17) is 4.74 Å². The summed E-state index contributed by atoms with van der Waals surface area (Å²) in [7, 11) is -2.02. The summed E-state index contributed by atoms with van der Waals surface area (Å²) >= 11 is 0. The van der Waals surface area contributed by atoms with Crippen LogP contribution >= 0.6 is 0 Å². The van der Waals surface area contributed by atoms with Crippen molar-refractivity contribution in [3.63, 3.8) is 0 Å². The molecule has 4 rings (SSSR count). The summed E-state index contributed by atoms with van der Waals surface area (Å²) < 4.78 is 29.4. The Morgan fingerprint density at radius 1 is 1.17 bits per heavy atom. The van der Waals surface area contributed by atoms with Crippen LogP contribution < -0.4 is 4.90 Å². The number of sulfone groups is 1. The molecule has 35 heavy (non-hydrogen) atoms. The number of hydrogen-bond acceptors (Lipinski definition) is 7. The van der Waals surface area contributed by atoms with Crippen LogP contribution in [-0.2, 0) is 21.1 Å². The molecule has 3 heterocycles. The Bertz CT molecular complexity index is 1230. The van der Waals surface area contributed by atoms with Crippen molar-refractivity contribution in [1.82, 2.24) is 19.8 Å². The molecule has 2 atom stereocenters. The van der Waals surface area contributed by atoms with Gasteiger partial charge in [-0.15, -0.1) is 0 Å². The van der Waals surface area contributed by atoms with Crippen molar-refractivity contribution in [1.29, 1.82) is 0 Å². The molecule has 10 nitrogen and oxygen atoms in total. The average molecular weight is 502 g/mol. The molecule has 11 heteroatoms. The quantitative estimate of drug-likeness (QED) is 0.594. The Balaban J connectivity index is 1.65. The lowest BCUT2D eigenvalue weighted by atomic mass is 9.84. The number of nitrogens with zero attached hydrogens (tertiary/aromatic N) is 5. The Hall–Kier alpha value is -3.21. The number of fused-ring (bicyclic) bond motifs is 1. The first kappa shape index (κ1) is 24.9. The Morgan fingerprint density at radius 2 is 1.86 bits per heavy atom. The van der Waals surface area contributed by atoms with Crippen LogP contribution in [0.1, 0.15) is 44.2 Å². The molecule has 2 aliphatic heterocycles. The first-order valence-electron chi connectivity index (χ1n) is 11.5. The zero-order valence-corrected chi connectivity index (χ0v) is 21.4. The van der Waals surface area contributed by atoms with E-state index in [1.165, 1.54) is 11.1 Å². The van der Waals surface area contributed by atoms with Gasteiger partial charge in [0.05, 0.1) is 6.54 Å². The van der Waals surface area contributed by atoms with Gasteiger partial charge in [-0.2, -0.15) is 0 Å². The van der Waals surface area contributed by atoms with Gasteiger partial charge in [-0.1, -0.05) is 30.3 Å². The summed E-state index contributed by atoms with van der Waals surface area (Å²) in [6.45, 7) is 6.62. The van der Waals surface area contributed by atoms with Crippen LogP contribution in [0.25, 0.3) is 0 Å². The Morgan fingerprint density at radius 3 is 2.49 bits per heavy atom. The molecule has 1 aromatic heterocycles. The molecular formula is C24H31N5O5S. The van der Waals surface area contributed by atoms with Crippen molar-refractivity contribution in [3.05, 3.63) is 47.7 Å². The summed E-state index contributed by atoms with van der Waals surface area (Å²) in [5.74, 6) is 0.164. The maximum absolute atomic E-state index is 13.5. The standard InChI is InChI=1S/C24H31N5O5S/c1-24(2,3)34-23(31)28-12-11-19(18(15-28)16-9-7-6-8-10-16)29-14-17-13-25-21(35(5,32)33)26-20(17)27(4)22(29)30/h6-10,13,18-19H,11-12,14-15H2,1-5H3. The minimum Gasteiger partial charge on any atom is -0.444 e. The molecule has 2 unspecified atom stereocenters. The molecule has 0 radical (unpaired) electrons. The molecule has 0 spiro atoms. The molecule has 1 aromatic carbocycles. The van der Waals surface area contributed by atoms with E-state index in [2.05, 4.69) is 9.97 Å². The number of aromatic nitrogens is 2. The third-order valence-electron chi connectivity index (χ3n) is 6.20. The molecular weight excluding hydrogens is 470 g/mol. The van der Waals surface area contributed by atoms with Gasteiger partial charge in [0.2, 0.25) is 15.0 Å². The third-order valence-corrected chi connectivity index (χ3v) is 7.06. The van der Waals surface area contributed by atoms with Gasteiger partial charge in [-0.25, -0.2) is 28.0 Å². The van der Waals surface area contributed by atoms with E-state index in [-0.39, 0.29) is 35.8 Å². The molecule has 0 N–H and O–H groups in total. The van der Waals surface area contributed by atoms with E-state index in [1.807, 2.05) is 51.1 Å². The first-order valence-corrected chi connectivity index (χ1v) is 13.4. The number of amides is 3. The van der Waals surface area contributed by atoms with Crippen LogP contribution in [0.3, 0.4) is 0 Å². The number of rotatable bonds is 3. The third kappa shape index (κ3) is 5.24. The molecule has 3 amide bonds. The number of piperidine rings is 1. The molecule has 2 aromatic rings. The maximum atomic E-state index is 13.5. The number of carbonyl (C=O) groups excluding carboxylic acids is 2. The number of likely N-dealkylation sites (tertiary alicyclic amines) is 1. The highest BCUT2D eigenvalue weighted by atomic mass is 32.2. The lowest BCUT2D eigenvalue weighted by molar-refractivity contribution is 0.0125. The maximum Gasteiger partial charge on any atom is 0.410 e. The van der Waals surface area contributed by atoms with Crippen LogP contribution in [0.2, 0.25) is 0 Å². The van der Waals surface area contributed by atoms with Gasteiger partial charge in [0, 0.05) is 50.1 Å². The molecule has 0 aliphatic carbocycles. The number of carbonyl (C=O) groups is 2. The summed E-state index contributed by atoms with van der Waals surface area (Å²) in [5.41, 5.74) is 1.09. The van der Waals surface area contributed by atoms with Gasteiger partial charge in [-0.3, -0.25) is 4.90 Å². The Kier molecular flexibility index (Phi) is 6.48. The zero-order valence-electron chi connectivity index (χ0n) is 20.6. The molecule has 0 bridgehead atoms. The topological polar surface area (TPSA) is 113 Å². The van der Waals surface area contributed by atoms with Gasteiger partial charge < -0.3 is 14.5 Å². The van der Waals surface area contributed by atoms with Crippen LogP contribution in [0.4, 0.5) is 15.4 Å². The molecule has 1 saturated heterocycles. The Labute approximate surface area is 205 Å². The highest BCUT2D eigenvalue weighted by Crippen LogP contribution is 2.36. The molecule has 0 saturated carbocycles. The van der Waals surface area contributed by atoms with E-state index in [0.29, 0.717) is 30.9 Å². The van der Waals surface area contributed by atoms with Crippen molar-refractivity contribution in [2.45, 2.75) is 56.5 Å². The largest absolute Gasteiger partial charge is 0.444 e. The van der Waals surface area contributed by atoms with E-state index >= 15 is 0 Å². The second kappa shape index (κ2) is 9.10. The van der Waals surface area contributed by atoms with Gasteiger partial charge in [0.1, 0.15) is 11.4 Å². The van der Waals surface area contributed by atoms with Crippen LogP contribution in [0.15, 0.2) is 41.7 Å². The van der Waals surface area contributed by atoms with Gasteiger partial charge in [-0.05, 0) is 32.8 Å². The minimum atomic E-state index is -3.61. The van der Waals surface area contributed by atoms with Gasteiger partial charge in [0.15, 0.2) is 0 Å². The molecule has 1 fully saturated rings. The van der Waals surface area contributed by atoms with Crippen molar-refractivity contribution in [2.24, 2.45) is 0 Å². The number of benzene rings is 1. The van der Waals surface area contributed by atoms with Crippen molar-refractivity contribution >= 4 is 27.8 Å². The first-order chi connectivity index (χ1) is 16.3. The van der Waals surface area contributed by atoms with Crippen LogP contribution in [0.5, 0.6) is 0 Å². The van der Waals surface area contributed by atoms with Gasteiger partial charge >= 0.3 is 12.1 Å². The lowest BCUT2D eigenvalue weighted by Crippen LogP contribution is -2.57. The van der Waals surface area contributed by atoms with E-state index < -0.39 is 15.4 Å². The number of anilines is 1. The predicted molar refractivity (Wildman–Crippen MR) is 130 cm³/mol. The summed E-state index contributed by atoms with van der Waals surface area (Å²) in [6.07, 6.45) is 2.71. The van der Waals surface area contributed by atoms with Gasteiger partial charge in [0.25, 0.3) is 0 Å². The fraction of sp³-hybridized carbons (Fsp3) is 0.500. The lowest BCUT2D eigenvalue weighted by Gasteiger charge is -2.46. The summed E-state index contributed by atoms with van der Waals surface area (Å²) in [4.78, 5) is 39.3. The number of ether oxygens (including phenoxy) is 1. The van der Waals surface area contributed by atoms with E-state index in [9.17, 15) is 18.0 Å². The second-order valence-corrected chi connectivity index (χ2v) is 12.0. The second-order valence-electron chi connectivity index (χ2n) is 10.0. The number of hydrogen-bond donors (Lipinski definition) is 0. The molecule has 2 aliphatic rings. The van der Waals surface area contributed by atoms with Crippen LogP contribution in [-0.4, -0.2) is 78.3 Å². The number of urea groups is 1. The normalized spacial score (nSPS) is 21.1. The van der Waals surface area contributed by atoms with E-state index in [1.54, 1.807) is 16.8 Å². The SMILES string of the molecule is CN1C(=O)N(C2CCN(C(=O)OC(C)(C)C)CC2c2ccccc2)Cc2cnc(S(C)(=O)=O)nc21. The average Bonchev–Trinajstić information content (AvgIpc) is 2.79. The molecule has 188 valence electrons. The summed E-state index contributed by atoms with van der Waals surface area (Å²) in [5, 5.41) is -0.308. The van der Waals surface area contributed by atoms with Crippen molar-refractivity contribution in [3.8, 4) is 0 Å². The smallest absolute Gasteiger partial charge is 0.410 e. The fourth-order valence-corrected chi connectivity index (χ4v) is 5.09. The van der Waals surface area contributed by atoms with Crippen molar-refractivity contribution < 1.29 is 22.7 Å². The fourth-order valence-electron chi connectivity index (χ4n) is 4.59.